The highest BCUT2D eigenvalue weighted by atomic mass is 35.5. The van der Waals surface area contributed by atoms with Gasteiger partial charge in [-0.25, -0.2) is 0 Å². The molecule has 2 atom stereocenters. The van der Waals surface area contributed by atoms with E-state index >= 15 is 0 Å². The van der Waals surface area contributed by atoms with E-state index in [1.54, 1.807) is 0 Å². The van der Waals surface area contributed by atoms with Crippen molar-refractivity contribution in [3.8, 4) is 0 Å². The molecule has 0 fully saturated rings. The van der Waals surface area contributed by atoms with Crippen molar-refractivity contribution in [3.05, 3.63) is 34.3 Å². The molecule has 1 aromatic rings. The third kappa shape index (κ3) is 4.00. The quantitative estimate of drug-likeness (QED) is 0.723. The van der Waals surface area contributed by atoms with Crippen molar-refractivity contribution >= 4 is 11.6 Å². The van der Waals surface area contributed by atoms with E-state index in [4.69, 9.17) is 11.6 Å². The summed E-state index contributed by atoms with van der Waals surface area (Å²) in [5, 5.41) is 4.58. The van der Waals surface area contributed by atoms with E-state index in [0.717, 1.165) is 18.0 Å². The second kappa shape index (κ2) is 7.81. The van der Waals surface area contributed by atoms with Crippen molar-refractivity contribution in [2.75, 3.05) is 6.54 Å². The molecule has 0 aliphatic rings. The van der Waals surface area contributed by atoms with Crippen molar-refractivity contribution in [1.29, 1.82) is 0 Å². The Morgan fingerprint density at radius 1 is 1.22 bits per heavy atom. The Morgan fingerprint density at radius 3 is 2.56 bits per heavy atom. The van der Waals surface area contributed by atoms with Crippen LogP contribution in [0.3, 0.4) is 0 Å². The molecule has 0 aliphatic carbocycles. The zero-order valence-electron chi connectivity index (χ0n) is 12.1. The van der Waals surface area contributed by atoms with Crippen LogP contribution < -0.4 is 5.32 Å². The summed E-state index contributed by atoms with van der Waals surface area (Å²) in [6, 6.07) is 6.72. The van der Waals surface area contributed by atoms with Crippen LogP contribution in [0.1, 0.15) is 57.2 Å². The molecule has 102 valence electrons. The van der Waals surface area contributed by atoms with Gasteiger partial charge in [-0.1, -0.05) is 57.0 Å². The lowest BCUT2D eigenvalue weighted by Gasteiger charge is -2.27. The maximum Gasteiger partial charge on any atom is 0.0483 e. The standard InChI is InChI=1S/C16H26ClN/c1-5-8-13(4)16(18-11-6-2)14-10-7-9-12(3)15(14)17/h7,9-10,13,16,18H,5-6,8,11H2,1-4H3. The molecule has 2 heteroatoms. The van der Waals surface area contributed by atoms with E-state index in [1.165, 1.54) is 24.0 Å². The molecule has 18 heavy (non-hydrogen) atoms. The molecule has 1 nitrogen and oxygen atoms in total. The van der Waals surface area contributed by atoms with Gasteiger partial charge in [0.05, 0.1) is 0 Å². The highest BCUT2D eigenvalue weighted by Crippen LogP contribution is 2.32. The maximum absolute atomic E-state index is 6.47. The van der Waals surface area contributed by atoms with E-state index in [9.17, 15) is 0 Å². The van der Waals surface area contributed by atoms with Crippen molar-refractivity contribution in [1.82, 2.24) is 5.32 Å². The zero-order valence-corrected chi connectivity index (χ0v) is 12.8. The van der Waals surface area contributed by atoms with Gasteiger partial charge in [-0.05, 0) is 43.4 Å². The highest BCUT2D eigenvalue weighted by molar-refractivity contribution is 6.32. The number of hydrogen-bond donors (Lipinski definition) is 1. The lowest BCUT2D eigenvalue weighted by molar-refractivity contribution is 0.363. The molecular weight excluding hydrogens is 242 g/mol. The molecule has 0 amide bonds. The molecule has 1 aromatic carbocycles. The first-order valence-corrected chi connectivity index (χ1v) is 7.48. The lowest BCUT2D eigenvalue weighted by atomic mass is 9.90. The van der Waals surface area contributed by atoms with Gasteiger partial charge < -0.3 is 5.32 Å². The predicted octanol–water partition coefficient (Wildman–Crippen LogP) is 5.13. The Bertz CT molecular complexity index is 362. The summed E-state index contributed by atoms with van der Waals surface area (Å²) in [7, 11) is 0. The van der Waals surface area contributed by atoms with Crippen LogP contribution in [-0.4, -0.2) is 6.54 Å². The molecule has 1 rings (SSSR count). The Labute approximate surface area is 117 Å². The summed E-state index contributed by atoms with van der Waals surface area (Å²) in [6.45, 7) is 9.88. The third-order valence-corrected chi connectivity index (χ3v) is 4.00. The normalized spacial score (nSPS) is 14.5. The van der Waals surface area contributed by atoms with Crippen LogP contribution in [0.25, 0.3) is 0 Å². The maximum atomic E-state index is 6.47. The number of rotatable bonds is 7. The third-order valence-electron chi connectivity index (χ3n) is 3.48. The van der Waals surface area contributed by atoms with Crippen molar-refractivity contribution < 1.29 is 0 Å². The number of benzene rings is 1. The SMILES string of the molecule is CCCNC(c1cccc(C)c1Cl)C(C)CCC. The van der Waals surface area contributed by atoms with Crippen LogP contribution >= 0.6 is 11.6 Å². The minimum absolute atomic E-state index is 0.372. The molecule has 0 aliphatic heterocycles. The first-order valence-electron chi connectivity index (χ1n) is 7.10. The van der Waals surface area contributed by atoms with Crippen molar-refractivity contribution in [3.63, 3.8) is 0 Å². The Kier molecular flexibility index (Phi) is 6.73. The summed E-state index contributed by atoms with van der Waals surface area (Å²) in [5.41, 5.74) is 2.42. The average molecular weight is 268 g/mol. The van der Waals surface area contributed by atoms with Crippen LogP contribution in [0.2, 0.25) is 5.02 Å². The fourth-order valence-corrected chi connectivity index (χ4v) is 2.69. The van der Waals surface area contributed by atoms with E-state index in [-0.39, 0.29) is 0 Å². The summed E-state index contributed by atoms with van der Waals surface area (Å²) in [6.07, 6.45) is 3.60. The van der Waals surface area contributed by atoms with Crippen LogP contribution in [0.15, 0.2) is 18.2 Å². The molecule has 0 spiro atoms. The monoisotopic (exact) mass is 267 g/mol. The molecule has 0 bridgehead atoms. The second-order valence-corrected chi connectivity index (χ2v) is 5.55. The Hall–Kier alpha value is -0.530. The minimum Gasteiger partial charge on any atom is -0.310 e. The molecular formula is C16H26ClN. The smallest absolute Gasteiger partial charge is 0.0483 e. The Balaban J connectivity index is 2.97. The topological polar surface area (TPSA) is 12.0 Å². The van der Waals surface area contributed by atoms with Gasteiger partial charge in [-0.2, -0.15) is 0 Å². The number of halogens is 1. The van der Waals surface area contributed by atoms with Gasteiger partial charge in [-0.15, -0.1) is 0 Å². The van der Waals surface area contributed by atoms with Gasteiger partial charge in [0.25, 0.3) is 0 Å². The molecule has 2 unspecified atom stereocenters. The van der Waals surface area contributed by atoms with E-state index in [0.29, 0.717) is 12.0 Å². The first-order chi connectivity index (χ1) is 8.61. The summed E-state index contributed by atoms with van der Waals surface area (Å²) < 4.78 is 0. The lowest BCUT2D eigenvalue weighted by Crippen LogP contribution is -2.28. The van der Waals surface area contributed by atoms with Gasteiger partial charge in [0, 0.05) is 11.1 Å². The number of aryl methyl sites for hydroxylation is 1. The molecule has 0 heterocycles. The number of nitrogens with one attached hydrogen (secondary N) is 1. The van der Waals surface area contributed by atoms with Gasteiger partial charge in [0.2, 0.25) is 0 Å². The zero-order chi connectivity index (χ0) is 13.5. The second-order valence-electron chi connectivity index (χ2n) is 5.18. The van der Waals surface area contributed by atoms with Crippen molar-refractivity contribution in [2.45, 2.75) is 53.0 Å². The largest absolute Gasteiger partial charge is 0.310 e. The number of hydrogen-bond acceptors (Lipinski definition) is 1. The first kappa shape index (κ1) is 15.5. The Morgan fingerprint density at radius 2 is 1.94 bits per heavy atom. The van der Waals surface area contributed by atoms with Gasteiger partial charge in [-0.3, -0.25) is 0 Å². The molecule has 0 saturated carbocycles. The van der Waals surface area contributed by atoms with Crippen LogP contribution in [0, 0.1) is 12.8 Å². The highest BCUT2D eigenvalue weighted by Gasteiger charge is 2.20. The van der Waals surface area contributed by atoms with Gasteiger partial charge in [0.1, 0.15) is 0 Å². The summed E-state index contributed by atoms with van der Waals surface area (Å²) >= 11 is 6.47. The molecule has 0 radical (unpaired) electrons. The fourth-order valence-electron chi connectivity index (χ4n) is 2.45. The van der Waals surface area contributed by atoms with Crippen LogP contribution in [0.5, 0.6) is 0 Å². The van der Waals surface area contributed by atoms with E-state index in [2.05, 4.69) is 51.2 Å². The fraction of sp³-hybridized carbons (Fsp3) is 0.625. The molecule has 0 saturated heterocycles. The average Bonchev–Trinajstić information content (AvgIpc) is 2.35. The molecule has 1 N–H and O–H groups in total. The predicted molar refractivity (Wildman–Crippen MR) is 81.3 cm³/mol. The van der Waals surface area contributed by atoms with Crippen LogP contribution in [-0.2, 0) is 0 Å². The van der Waals surface area contributed by atoms with Gasteiger partial charge in [0.15, 0.2) is 0 Å². The van der Waals surface area contributed by atoms with Crippen LogP contribution in [0.4, 0.5) is 0 Å². The minimum atomic E-state index is 0.372. The summed E-state index contributed by atoms with van der Waals surface area (Å²) in [4.78, 5) is 0. The van der Waals surface area contributed by atoms with E-state index in [1.807, 2.05) is 0 Å². The van der Waals surface area contributed by atoms with E-state index < -0.39 is 0 Å². The summed E-state index contributed by atoms with van der Waals surface area (Å²) in [5.74, 6) is 0.612. The van der Waals surface area contributed by atoms with Crippen molar-refractivity contribution in [2.24, 2.45) is 5.92 Å². The van der Waals surface area contributed by atoms with Gasteiger partial charge >= 0.3 is 0 Å². The molecule has 0 aromatic heterocycles.